The Hall–Kier alpha value is -1.69. The number of rotatable bonds is 3. The summed E-state index contributed by atoms with van der Waals surface area (Å²) >= 11 is 1.85. The second-order valence-electron chi connectivity index (χ2n) is 6.88. The van der Waals surface area contributed by atoms with Gasteiger partial charge < -0.3 is 15.5 Å². The van der Waals surface area contributed by atoms with Crippen molar-refractivity contribution in [1.29, 1.82) is 0 Å². The number of aliphatic imine (C=N–C) groups is 1. The first-order valence-corrected chi connectivity index (χ1v) is 9.68. The predicted octanol–water partition coefficient (Wildman–Crippen LogP) is 3.46. The number of nitrogens with zero attached hydrogens (tertiary/aromatic N) is 3. The van der Waals surface area contributed by atoms with Crippen LogP contribution in [0.25, 0.3) is 0 Å². The van der Waals surface area contributed by atoms with Crippen LogP contribution in [0, 0.1) is 20.8 Å². The molecule has 134 valence electrons. The van der Waals surface area contributed by atoms with Crippen molar-refractivity contribution in [2.24, 2.45) is 10.7 Å². The highest BCUT2D eigenvalue weighted by Gasteiger charge is 2.21. The van der Waals surface area contributed by atoms with Gasteiger partial charge in [0.05, 0.1) is 5.69 Å². The molecule has 2 heterocycles. The van der Waals surface area contributed by atoms with E-state index in [0.717, 1.165) is 43.3 Å². The average molecular weight is 357 g/mol. The van der Waals surface area contributed by atoms with E-state index < -0.39 is 0 Å². The Morgan fingerprint density at radius 3 is 2.44 bits per heavy atom. The maximum atomic E-state index is 5.83. The van der Waals surface area contributed by atoms with Gasteiger partial charge in [-0.25, -0.2) is 4.99 Å². The van der Waals surface area contributed by atoms with E-state index in [0.29, 0.717) is 6.54 Å². The third kappa shape index (κ3) is 4.11. The third-order valence-electron chi connectivity index (χ3n) is 4.82. The van der Waals surface area contributed by atoms with Crippen LogP contribution in [0.5, 0.6) is 0 Å². The predicted molar refractivity (Wildman–Crippen MR) is 108 cm³/mol. The van der Waals surface area contributed by atoms with E-state index >= 15 is 0 Å². The maximum Gasteiger partial charge on any atom is 0.137 e. The number of hydrogen-bond donors (Lipinski definition) is 1. The molecule has 1 fully saturated rings. The largest absolute Gasteiger partial charge is 0.354 e. The second-order valence-corrected chi connectivity index (χ2v) is 8.34. The molecule has 0 radical (unpaired) electrons. The highest BCUT2D eigenvalue weighted by molar-refractivity contribution is 7.12. The molecule has 2 aromatic rings. The summed E-state index contributed by atoms with van der Waals surface area (Å²) in [5, 5.41) is 0. The van der Waals surface area contributed by atoms with E-state index in [1.807, 2.05) is 11.3 Å². The van der Waals surface area contributed by atoms with Crippen molar-refractivity contribution in [1.82, 2.24) is 9.80 Å². The molecular weight excluding hydrogens is 328 g/mol. The van der Waals surface area contributed by atoms with Crippen molar-refractivity contribution in [2.75, 3.05) is 33.2 Å². The van der Waals surface area contributed by atoms with Crippen LogP contribution in [0.4, 0.5) is 5.69 Å². The molecule has 0 atom stereocenters. The molecule has 5 heteroatoms. The minimum Gasteiger partial charge on any atom is -0.354 e. The maximum absolute atomic E-state index is 5.83. The SMILES string of the molecule is Cc1cc(C(=Nc2cc(CN)ccc2C)N2CCN(C)CC2)c(C)s1. The minimum absolute atomic E-state index is 0.545. The third-order valence-corrected chi connectivity index (χ3v) is 5.79. The Morgan fingerprint density at radius 1 is 1.12 bits per heavy atom. The lowest BCUT2D eigenvalue weighted by Gasteiger charge is -2.34. The molecule has 0 bridgehead atoms. The number of piperazine rings is 1. The molecule has 1 aromatic heterocycles. The Kier molecular flexibility index (Phi) is 5.57. The van der Waals surface area contributed by atoms with E-state index in [4.69, 9.17) is 10.7 Å². The van der Waals surface area contributed by atoms with Crippen LogP contribution in [0.3, 0.4) is 0 Å². The van der Waals surface area contributed by atoms with Gasteiger partial charge in [0.1, 0.15) is 5.84 Å². The van der Waals surface area contributed by atoms with E-state index in [2.05, 4.69) is 61.9 Å². The first-order valence-electron chi connectivity index (χ1n) is 8.87. The van der Waals surface area contributed by atoms with Crippen LogP contribution in [-0.2, 0) is 6.54 Å². The quantitative estimate of drug-likeness (QED) is 0.677. The summed E-state index contributed by atoms with van der Waals surface area (Å²) in [4.78, 5) is 12.6. The smallest absolute Gasteiger partial charge is 0.137 e. The van der Waals surface area contributed by atoms with Gasteiger partial charge in [0, 0.05) is 48.0 Å². The number of nitrogens with two attached hydrogens (primary N) is 1. The number of thiophene rings is 1. The normalized spacial score (nSPS) is 16.5. The van der Waals surface area contributed by atoms with Gasteiger partial charge in [0.15, 0.2) is 0 Å². The van der Waals surface area contributed by atoms with Gasteiger partial charge in [-0.05, 0) is 51.1 Å². The minimum atomic E-state index is 0.545. The van der Waals surface area contributed by atoms with Crippen LogP contribution in [0.15, 0.2) is 29.3 Å². The van der Waals surface area contributed by atoms with E-state index in [1.165, 1.54) is 20.9 Å². The molecule has 2 N–H and O–H groups in total. The van der Waals surface area contributed by atoms with Crippen LogP contribution in [0.1, 0.15) is 26.4 Å². The summed E-state index contributed by atoms with van der Waals surface area (Å²) in [5.41, 5.74) is 10.4. The first-order chi connectivity index (χ1) is 12.0. The standard InChI is InChI=1S/C20H28N4S/c1-14-5-6-17(13-21)12-19(14)22-20(18-11-15(2)25-16(18)3)24-9-7-23(4)8-10-24/h5-6,11-12H,7-10,13,21H2,1-4H3. The Bertz CT molecular complexity index is 770. The second kappa shape index (κ2) is 7.68. The molecule has 1 saturated heterocycles. The summed E-state index contributed by atoms with van der Waals surface area (Å²) in [7, 11) is 2.18. The Morgan fingerprint density at radius 2 is 1.84 bits per heavy atom. The zero-order chi connectivity index (χ0) is 18.0. The Balaban J connectivity index is 2.06. The molecule has 0 saturated carbocycles. The summed E-state index contributed by atoms with van der Waals surface area (Å²) in [6.07, 6.45) is 0. The van der Waals surface area contributed by atoms with Crippen LogP contribution < -0.4 is 5.73 Å². The molecule has 3 rings (SSSR count). The lowest BCUT2D eigenvalue weighted by atomic mass is 10.1. The van der Waals surface area contributed by atoms with Crippen molar-refractivity contribution in [3.8, 4) is 0 Å². The molecule has 0 aliphatic carbocycles. The van der Waals surface area contributed by atoms with Crippen molar-refractivity contribution >= 4 is 22.9 Å². The molecule has 4 nitrogen and oxygen atoms in total. The summed E-state index contributed by atoms with van der Waals surface area (Å²) in [6, 6.07) is 8.61. The summed E-state index contributed by atoms with van der Waals surface area (Å²) < 4.78 is 0. The molecule has 0 spiro atoms. The topological polar surface area (TPSA) is 44.9 Å². The number of hydrogen-bond acceptors (Lipinski definition) is 4. The van der Waals surface area contributed by atoms with E-state index in [1.54, 1.807) is 0 Å². The molecule has 1 aliphatic rings. The zero-order valence-electron chi connectivity index (χ0n) is 15.7. The number of amidine groups is 1. The first kappa shape index (κ1) is 18.1. The van der Waals surface area contributed by atoms with Crippen molar-refractivity contribution in [2.45, 2.75) is 27.3 Å². The fourth-order valence-corrected chi connectivity index (χ4v) is 4.11. The van der Waals surface area contributed by atoms with Gasteiger partial charge in [-0.2, -0.15) is 0 Å². The van der Waals surface area contributed by atoms with Gasteiger partial charge in [-0.3, -0.25) is 0 Å². The monoisotopic (exact) mass is 356 g/mol. The molecule has 0 amide bonds. The number of likely N-dealkylation sites (N-methyl/N-ethyl adjacent to an activating group) is 1. The van der Waals surface area contributed by atoms with Gasteiger partial charge in [0.25, 0.3) is 0 Å². The summed E-state index contributed by atoms with van der Waals surface area (Å²) in [6.45, 7) is 11.2. The number of aryl methyl sites for hydroxylation is 3. The molecule has 0 unspecified atom stereocenters. The van der Waals surface area contributed by atoms with Gasteiger partial charge in [-0.15, -0.1) is 11.3 Å². The highest BCUT2D eigenvalue weighted by atomic mass is 32.1. The van der Waals surface area contributed by atoms with Crippen molar-refractivity contribution in [3.05, 3.63) is 50.7 Å². The molecule has 25 heavy (non-hydrogen) atoms. The van der Waals surface area contributed by atoms with Crippen LogP contribution in [0.2, 0.25) is 0 Å². The van der Waals surface area contributed by atoms with Crippen LogP contribution >= 0.6 is 11.3 Å². The van der Waals surface area contributed by atoms with Gasteiger partial charge in [-0.1, -0.05) is 12.1 Å². The molecular formula is C20H28N4S. The van der Waals surface area contributed by atoms with E-state index in [-0.39, 0.29) is 0 Å². The van der Waals surface area contributed by atoms with Gasteiger partial charge in [0.2, 0.25) is 0 Å². The fraction of sp³-hybridized carbons (Fsp3) is 0.450. The lowest BCUT2D eigenvalue weighted by Crippen LogP contribution is -2.47. The highest BCUT2D eigenvalue weighted by Crippen LogP contribution is 2.27. The Labute approximate surface area is 155 Å². The molecule has 1 aliphatic heterocycles. The number of benzene rings is 1. The van der Waals surface area contributed by atoms with Crippen molar-refractivity contribution < 1.29 is 0 Å². The molecule has 1 aromatic carbocycles. The van der Waals surface area contributed by atoms with Gasteiger partial charge >= 0.3 is 0 Å². The van der Waals surface area contributed by atoms with Crippen molar-refractivity contribution in [3.63, 3.8) is 0 Å². The lowest BCUT2D eigenvalue weighted by molar-refractivity contribution is 0.216. The van der Waals surface area contributed by atoms with Crippen LogP contribution in [-0.4, -0.2) is 48.9 Å². The van der Waals surface area contributed by atoms with E-state index in [9.17, 15) is 0 Å². The summed E-state index contributed by atoms with van der Waals surface area (Å²) in [5.74, 6) is 1.10. The zero-order valence-corrected chi connectivity index (χ0v) is 16.5. The average Bonchev–Trinajstić information content (AvgIpc) is 2.93. The fourth-order valence-electron chi connectivity index (χ4n) is 3.19.